The number of benzene rings is 1. The lowest BCUT2D eigenvalue weighted by Crippen LogP contribution is -2.31. The maximum atomic E-state index is 12.8. The molecule has 4 rings (SSSR count). The van der Waals surface area contributed by atoms with E-state index >= 15 is 0 Å². The van der Waals surface area contributed by atoms with E-state index in [0.29, 0.717) is 12.8 Å². The first kappa shape index (κ1) is 15.9. The summed E-state index contributed by atoms with van der Waals surface area (Å²) in [6, 6.07) is 8.02. The molecule has 1 N–H and O–H groups in total. The number of amides is 1. The number of carbonyl (C=O) groups excluding carboxylic acids is 1. The normalized spacial score (nSPS) is 17.5. The molecule has 3 heterocycles. The number of rotatable bonds is 4. The Kier molecular flexibility index (Phi) is 4.03. The average molecular weight is 338 g/mol. The second-order valence-corrected chi connectivity index (χ2v) is 6.68. The van der Waals surface area contributed by atoms with Crippen molar-refractivity contribution in [1.29, 1.82) is 0 Å². The molecule has 0 spiro atoms. The van der Waals surface area contributed by atoms with E-state index in [2.05, 4.69) is 15.1 Å². The topological polar surface area (TPSA) is 75.0 Å². The van der Waals surface area contributed by atoms with Crippen LogP contribution < -0.4 is 0 Å². The van der Waals surface area contributed by atoms with Crippen molar-refractivity contribution < 1.29 is 9.32 Å². The fraction of sp³-hybridized carbons (Fsp3) is 0.421. The zero-order chi connectivity index (χ0) is 17.4. The monoisotopic (exact) mass is 338 g/mol. The highest BCUT2D eigenvalue weighted by Crippen LogP contribution is 2.35. The summed E-state index contributed by atoms with van der Waals surface area (Å²) in [5.41, 5.74) is 3.92. The minimum Gasteiger partial charge on any atom is -0.361 e. The van der Waals surface area contributed by atoms with Gasteiger partial charge in [-0.2, -0.15) is 0 Å². The maximum absolute atomic E-state index is 12.8. The van der Waals surface area contributed by atoms with Crippen LogP contribution in [0.4, 0.5) is 0 Å². The van der Waals surface area contributed by atoms with Crippen molar-refractivity contribution in [1.82, 2.24) is 20.0 Å². The Balaban J connectivity index is 1.46. The van der Waals surface area contributed by atoms with E-state index in [1.165, 1.54) is 0 Å². The lowest BCUT2D eigenvalue weighted by atomic mass is 10.0. The molecular weight excluding hydrogens is 316 g/mol. The van der Waals surface area contributed by atoms with Crippen LogP contribution in [0.5, 0.6) is 0 Å². The van der Waals surface area contributed by atoms with Gasteiger partial charge in [0.25, 0.3) is 0 Å². The Morgan fingerprint density at radius 2 is 2.20 bits per heavy atom. The molecule has 0 bridgehead atoms. The van der Waals surface area contributed by atoms with Crippen LogP contribution in [0.1, 0.15) is 48.1 Å². The van der Waals surface area contributed by atoms with Gasteiger partial charge in [-0.25, -0.2) is 4.98 Å². The predicted molar refractivity (Wildman–Crippen MR) is 94.1 cm³/mol. The summed E-state index contributed by atoms with van der Waals surface area (Å²) in [6.45, 7) is 4.67. The quantitative estimate of drug-likeness (QED) is 0.790. The number of H-pyrrole nitrogens is 1. The smallest absolute Gasteiger partial charge is 0.223 e. The molecular formula is C19H22N4O2. The number of para-hydroxylation sites is 2. The van der Waals surface area contributed by atoms with Gasteiger partial charge >= 0.3 is 0 Å². The second kappa shape index (κ2) is 6.35. The minimum atomic E-state index is 0.0921. The SMILES string of the molecule is Cc1noc(C)c1[C@@H]1CCCN1C(=O)CCc1nc2ccccc2[nH]1. The molecule has 2 aromatic heterocycles. The van der Waals surface area contributed by atoms with Crippen LogP contribution in [0.2, 0.25) is 0 Å². The Bertz CT molecular complexity index is 859. The molecule has 0 saturated carbocycles. The number of hydrogen-bond acceptors (Lipinski definition) is 4. The predicted octanol–water partition coefficient (Wildman–Crippen LogP) is 3.46. The van der Waals surface area contributed by atoms with Crippen LogP contribution in [0.3, 0.4) is 0 Å². The van der Waals surface area contributed by atoms with Crippen molar-refractivity contribution >= 4 is 16.9 Å². The highest BCUT2D eigenvalue weighted by molar-refractivity contribution is 5.78. The van der Waals surface area contributed by atoms with Gasteiger partial charge in [-0.05, 0) is 38.8 Å². The summed E-state index contributed by atoms with van der Waals surface area (Å²) in [6.07, 6.45) is 3.07. The number of aromatic nitrogens is 3. The van der Waals surface area contributed by atoms with Crippen LogP contribution in [-0.4, -0.2) is 32.5 Å². The third-order valence-electron chi connectivity index (χ3n) is 5.01. The highest BCUT2D eigenvalue weighted by Gasteiger charge is 2.33. The summed E-state index contributed by atoms with van der Waals surface area (Å²) in [5.74, 6) is 1.85. The first-order valence-corrected chi connectivity index (χ1v) is 8.79. The molecule has 1 atom stereocenters. The summed E-state index contributed by atoms with van der Waals surface area (Å²) >= 11 is 0. The van der Waals surface area contributed by atoms with Gasteiger partial charge in [-0.3, -0.25) is 4.79 Å². The van der Waals surface area contributed by atoms with E-state index in [0.717, 1.165) is 53.3 Å². The summed E-state index contributed by atoms with van der Waals surface area (Å²) in [7, 11) is 0. The molecule has 6 heteroatoms. The molecule has 0 unspecified atom stereocenters. The van der Waals surface area contributed by atoms with E-state index in [1.807, 2.05) is 43.0 Å². The van der Waals surface area contributed by atoms with Gasteiger partial charge < -0.3 is 14.4 Å². The largest absolute Gasteiger partial charge is 0.361 e. The van der Waals surface area contributed by atoms with Crippen molar-refractivity contribution in [3.63, 3.8) is 0 Å². The first-order valence-electron chi connectivity index (χ1n) is 8.79. The summed E-state index contributed by atoms with van der Waals surface area (Å²) < 4.78 is 5.30. The molecule has 1 aromatic carbocycles. The lowest BCUT2D eigenvalue weighted by molar-refractivity contribution is -0.132. The third-order valence-corrected chi connectivity index (χ3v) is 5.01. The van der Waals surface area contributed by atoms with Gasteiger partial charge in [-0.1, -0.05) is 17.3 Å². The number of nitrogens with one attached hydrogen (secondary N) is 1. The molecule has 0 radical (unpaired) electrons. The van der Waals surface area contributed by atoms with Crippen molar-refractivity contribution in [2.45, 2.75) is 45.6 Å². The molecule has 1 aliphatic heterocycles. The Hall–Kier alpha value is -2.63. The van der Waals surface area contributed by atoms with E-state index in [1.54, 1.807) is 0 Å². The van der Waals surface area contributed by atoms with Crippen LogP contribution in [0.15, 0.2) is 28.8 Å². The Morgan fingerprint density at radius 3 is 2.96 bits per heavy atom. The van der Waals surface area contributed by atoms with E-state index in [-0.39, 0.29) is 11.9 Å². The fourth-order valence-corrected chi connectivity index (χ4v) is 3.82. The van der Waals surface area contributed by atoms with Gasteiger partial charge in [0.05, 0.1) is 22.8 Å². The number of likely N-dealkylation sites (tertiary alicyclic amines) is 1. The fourth-order valence-electron chi connectivity index (χ4n) is 3.82. The number of hydrogen-bond donors (Lipinski definition) is 1. The Morgan fingerprint density at radius 1 is 1.36 bits per heavy atom. The molecule has 1 fully saturated rings. The standard InChI is InChI=1S/C19H22N4O2/c1-12-19(13(2)25-22-12)16-8-5-11-23(16)18(24)10-9-17-20-14-6-3-4-7-15(14)21-17/h3-4,6-7,16H,5,8-11H2,1-2H3,(H,20,21)/t16-/m0/s1. The molecule has 1 amide bonds. The van der Waals surface area contributed by atoms with Crippen LogP contribution in [-0.2, 0) is 11.2 Å². The minimum absolute atomic E-state index is 0.0921. The number of fused-ring (bicyclic) bond motifs is 1. The average Bonchev–Trinajstić information content (AvgIpc) is 3.31. The molecule has 1 saturated heterocycles. The second-order valence-electron chi connectivity index (χ2n) is 6.68. The third kappa shape index (κ3) is 2.92. The maximum Gasteiger partial charge on any atom is 0.223 e. The van der Waals surface area contributed by atoms with Gasteiger partial charge in [0.2, 0.25) is 5.91 Å². The van der Waals surface area contributed by atoms with E-state index < -0.39 is 0 Å². The molecule has 130 valence electrons. The number of aromatic amines is 1. The number of imidazole rings is 1. The number of carbonyl (C=O) groups is 1. The van der Waals surface area contributed by atoms with Crippen LogP contribution in [0.25, 0.3) is 11.0 Å². The van der Waals surface area contributed by atoms with Gasteiger partial charge in [-0.15, -0.1) is 0 Å². The summed E-state index contributed by atoms with van der Waals surface area (Å²) in [4.78, 5) is 22.6. The molecule has 1 aliphatic rings. The van der Waals surface area contributed by atoms with Crippen LogP contribution in [0, 0.1) is 13.8 Å². The number of nitrogens with zero attached hydrogens (tertiary/aromatic N) is 3. The van der Waals surface area contributed by atoms with E-state index in [4.69, 9.17) is 4.52 Å². The van der Waals surface area contributed by atoms with Crippen LogP contribution >= 0.6 is 0 Å². The number of aryl methyl sites for hydroxylation is 3. The molecule has 3 aromatic rings. The van der Waals surface area contributed by atoms with Crippen molar-refractivity contribution in [2.24, 2.45) is 0 Å². The van der Waals surface area contributed by atoms with Crippen molar-refractivity contribution in [2.75, 3.05) is 6.54 Å². The van der Waals surface area contributed by atoms with Gasteiger partial charge in [0.15, 0.2) is 0 Å². The zero-order valence-electron chi connectivity index (χ0n) is 14.6. The van der Waals surface area contributed by atoms with Gasteiger partial charge in [0, 0.05) is 24.9 Å². The zero-order valence-corrected chi connectivity index (χ0v) is 14.6. The highest BCUT2D eigenvalue weighted by atomic mass is 16.5. The summed E-state index contributed by atoms with van der Waals surface area (Å²) in [5, 5.41) is 4.04. The first-order chi connectivity index (χ1) is 12.1. The molecule has 25 heavy (non-hydrogen) atoms. The lowest BCUT2D eigenvalue weighted by Gasteiger charge is -2.24. The Labute approximate surface area is 146 Å². The van der Waals surface area contributed by atoms with Gasteiger partial charge in [0.1, 0.15) is 11.6 Å². The van der Waals surface area contributed by atoms with E-state index in [9.17, 15) is 4.79 Å². The molecule has 6 nitrogen and oxygen atoms in total. The van der Waals surface area contributed by atoms with Crippen molar-refractivity contribution in [3.05, 3.63) is 47.1 Å². The molecule has 0 aliphatic carbocycles. The van der Waals surface area contributed by atoms with Crippen molar-refractivity contribution in [3.8, 4) is 0 Å².